The average molecular weight is 368 g/mol. The largest absolute Gasteiger partial charge is 0.366 e. The first-order chi connectivity index (χ1) is 13.1. The zero-order valence-electron chi connectivity index (χ0n) is 15.3. The Kier molecular flexibility index (Phi) is 4.62. The van der Waals surface area contributed by atoms with Crippen LogP contribution in [-0.4, -0.2) is 41.3 Å². The summed E-state index contributed by atoms with van der Waals surface area (Å²) >= 11 is 0. The van der Waals surface area contributed by atoms with Crippen molar-refractivity contribution in [3.05, 3.63) is 53.7 Å². The summed E-state index contributed by atoms with van der Waals surface area (Å²) in [6, 6.07) is 10.6. The van der Waals surface area contributed by atoms with Gasteiger partial charge in [-0.15, -0.1) is 0 Å². The molecule has 27 heavy (non-hydrogen) atoms. The van der Waals surface area contributed by atoms with E-state index in [9.17, 15) is 4.39 Å². The van der Waals surface area contributed by atoms with Crippen LogP contribution in [0.5, 0.6) is 0 Å². The van der Waals surface area contributed by atoms with Gasteiger partial charge < -0.3 is 19.6 Å². The van der Waals surface area contributed by atoms with Gasteiger partial charge in [-0.05, 0) is 26.0 Å². The molecule has 0 amide bonds. The molecule has 1 saturated heterocycles. The van der Waals surface area contributed by atoms with E-state index >= 15 is 0 Å². The van der Waals surface area contributed by atoms with Crippen LogP contribution in [0.15, 0.2) is 40.9 Å². The molecule has 0 unspecified atom stereocenters. The normalized spacial score (nSPS) is 14.5. The Bertz CT molecular complexity index is 935. The first-order valence-electron chi connectivity index (χ1n) is 8.89. The number of aryl methyl sites for hydroxylation is 2. The van der Waals surface area contributed by atoms with E-state index in [0.717, 1.165) is 43.5 Å². The third kappa shape index (κ3) is 3.84. The van der Waals surface area contributed by atoms with Crippen LogP contribution in [0, 0.1) is 19.7 Å². The molecule has 1 aliphatic rings. The lowest BCUT2D eigenvalue weighted by Gasteiger charge is -2.36. The lowest BCUT2D eigenvalue weighted by Crippen LogP contribution is -2.47. The van der Waals surface area contributed by atoms with E-state index in [1.54, 1.807) is 12.1 Å². The lowest BCUT2D eigenvalue weighted by molar-refractivity contribution is 0.400. The van der Waals surface area contributed by atoms with Crippen LogP contribution in [0.1, 0.15) is 11.5 Å². The molecule has 1 fully saturated rings. The number of anilines is 4. The maximum Gasteiger partial charge on any atom is 0.230 e. The smallest absolute Gasteiger partial charge is 0.230 e. The standard InChI is InChI=1S/C19H21FN6O/c1-13-11-18(23-19(21-13)22-17-12-14(2)27-24-17)26-9-7-25(8-10-26)16-6-4-3-5-15(16)20/h3-6,11-12H,7-10H2,1-2H3,(H,21,22,23,24). The Morgan fingerprint density at radius 2 is 1.74 bits per heavy atom. The molecule has 0 radical (unpaired) electrons. The zero-order valence-corrected chi connectivity index (χ0v) is 15.3. The third-order valence-corrected chi connectivity index (χ3v) is 4.51. The molecule has 7 nitrogen and oxygen atoms in total. The molecular formula is C19H21FN6O. The van der Waals surface area contributed by atoms with Crippen LogP contribution in [-0.2, 0) is 0 Å². The Morgan fingerprint density at radius 3 is 2.44 bits per heavy atom. The van der Waals surface area contributed by atoms with Crippen molar-refractivity contribution < 1.29 is 8.91 Å². The fourth-order valence-electron chi connectivity index (χ4n) is 3.19. The van der Waals surface area contributed by atoms with Crippen LogP contribution in [0.3, 0.4) is 0 Å². The van der Waals surface area contributed by atoms with Gasteiger partial charge >= 0.3 is 0 Å². The summed E-state index contributed by atoms with van der Waals surface area (Å²) < 4.78 is 19.1. The summed E-state index contributed by atoms with van der Waals surface area (Å²) in [7, 11) is 0. The van der Waals surface area contributed by atoms with Crippen LogP contribution in [0.25, 0.3) is 0 Å². The summed E-state index contributed by atoms with van der Waals surface area (Å²) in [5.41, 5.74) is 1.51. The van der Waals surface area contributed by atoms with Gasteiger partial charge in [-0.2, -0.15) is 4.98 Å². The number of piperazine rings is 1. The molecule has 1 N–H and O–H groups in total. The fraction of sp³-hybridized carbons (Fsp3) is 0.316. The number of benzene rings is 1. The predicted octanol–water partition coefficient (Wildman–Crippen LogP) is 3.29. The van der Waals surface area contributed by atoms with Crippen LogP contribution < -0.4 is 15.1 Å². The van der Waals surface area contributed by atoms with Crippen molar-refractivity contribution in [3.63, 3.8) is 0 Å². The summed E-state index contributed by atoms with van der Waals surface area (Å²) in [5, 5.41) is 6.99. The van der Waals surface area contributed by atoms with Crippen molar-refractivity contribution in [2.45, 2.75) is 13.8 Å². The van der Waals surface area contributed by atoms with E-state index in [1.165, 1.54) is 6.07 Å². The molecule has 1 aromatic carbocycles. The molecular weight excluding hydrogens is 347 g/mol. The zero-order chi connectivity index (χ0) is 18.8. The van der Waals surface area contributed by atoms with Crippen molar-refractivity contribution in [2.24, 2.45) is 0 Å². The molecule has 4 rings (SSSR count). The second kappa shape index (κ2) is 7.22. The monoisotopic (exact) mass is 368 g/mol. The highest BCUT2D eigenvalue weighted by Crippen LogP contribution is 2.23. The van der Waals surface area contributed by atoms with Crippen molar-refractivity contribution in [2.75, 3.05) is 41.3 Å². The Labute approximate surface area is 156 Å². The second-order valence-electron chi connectivity index (χ2n) is 6.56. The van der Waals surface area contributed by atoms with Crippen molar-refractivity contribution in [1.82, 2.24) is 15.1 Å². The Hall–Kier alpha value is -3.16. The quantitative estimate of drug-likeness (QED) is 0.758. The first kappa shape index (κ1) is 17.3. The van der Waals surface area contributed by atoms with Gasteiger partial charge in [-0.25, -0.2) is 9.37 Å². The van der Waals surface area contributed by atoms with E-state index < -0.39 is 0 Å². The number of rotatable bonds is 4. The molecule has 0 atom stereocenters. The molecule has 0 bridgehead atoms. The predicted molar refractivity (Wildman–Crippen MR) is 102 cm³/mol. The highest BCUT2D eigenvalue weighted by molar-refractivity contribution is 5.54. The highest BCUT2D eigenvalue weighted by atomic mass is 19.1. The summed E-state index contributed by atoms with van der Waals surface area (Å²) in [5.74, 6) is 2.44. The van der Waals surface area contributed by atoms with Gasteiger partial charge in [0.15, 0.2) is 5.82 Å². The minimum absolute atomic E-state index is 0.182. The van der Waals surface area contributed by atoms with Gasteiger partial charge in [0.2, 0.25) is 5.95 Å². The van der Waals surface area contributed by atoms with Crippen molar-refractivity contribution in [1.29, 1.82) is 0 Å². The minimum Gasteiger partial charge on any atom is -0.366 e. The number of aromatic nitrogens is 3. The SMILES string of the molecule is Cc1cc(N2CCN(c3ccccc3F)CC2)nc(Nc2cc(C)on2)n1. The van der Waals surface area contributed by atoms with Crippen LogP contribution in [0.2, 0.25) is 0 Å². The van der Waals surface area contributed by atoms with Gasteiger partial charge in [0.1, 0.15) is 17.4 Å². The van der Waals surface area contributed by atoms with Gasteiger partial charge in [0.25, 0.3) is 0 Å². The fourth-order valence-corrected chi connectivity index (χ4v) is 3.19. The molecule has 1 aliphatic heterocycles. The number of para-hydroxylation sites is 1. The molecule has 140 valence electrons. The maximum absolute atomic E-state index is 14.0. The van der Waals surface area contributed by atoms with E-state index in [-0.39, 0.29) is 5.82 Å². The molecule has 3 aromatic rings. The Morgan fingerprint density at radius 1 is 1.00 bits per heavy atom. The van der Waals surface area contributed by atoms with Gasteiger partial charge in [-0.3, -0.25) is 0 Å². The Balaban J connectivity index is 1.47. The molecule has 0 aliphatic carbocycles. The lowest BCUT2D eigenvalue weighted by atomic mass is 10.2. The van der Waals surface area contributed by atoms with Crippen LogP contribution >= 0.6 is 0 Å². The summed E-state index contributed by atoms with van der Waals surface area (Å²) in [4.78, 5) is 13.3. The van der Waals surface area contributed by atoms with Crippen LogP contribution in [0.4, 0.5) is 27.7 Å². The minimum atomic E-state index is -0.182. The number of hydrogen-bond donors (Lipinski definition) is 1. The van der Waals surface area contributed by atoms with Crippen molar-refractivity contribution in [3.8, 4) is 0 Å². The maximum atomic E-state index is 14.0. The van der Waals surface area contributed by atoms with E-state index in [4.69, 9.17) is 4.52 Å². The van der Waals surface area contributed by atoms with E-state index in [2.05, 4.69) is 30.2 Å². The molecule has 2 aromatic heterocycles. The highest BCUT2D eigenvalue weighted by Gasteiger charge is 2.21. The molecule has 3 heterocycles. The van der Waals surface area contributed by atoms with Gasteiger partial charge in [-0.1, -0.05) is 17.3 Å². The van der Waals surface area contributed by atoms with Gasteiger partial charge in [0, 0.05) is 44.0 Å². The van der Waals surface area contributed by atoms with E-state index in [1.807, 2.05) is 32.0 Å². The van der Waals surface area contributed by atoms with Crippen molar-refractivity contribution >= 4 is 23.3 Å². The van der Waals surface area contributed by atoms with Gasteiger partial charge in [0.05, 0.1) is 5.69 Å². The summed E-state index contributed by atoms with van der Waals surface area (Å²) in [6.45, 7) is 6.74. The number of nitrogens with one attached hydrogen (secondary N) is 1. The topological polar surface area (TPSA) is 70.3 Å². The molecule has 0 spiro atoms. The number of nitrogens with zero attached hydrogens (tertiary/aromatic N) is 5. The number of hydrogen-bond acceptors (Lipinski definition) is 7. The average Bonchev–Trinajstić information content (AvgIpc) is 3.06. The first-order valence-corrected chi connectivity index (χ1v) is 8.89. The third-order valence-electron chi connectivity index (χ3n) is 4.51. The second-order valence-corrected chi connectivity index (χ2v) is 6.56. The summed E-state index contributed by atoms with van der Waals surface area (Å²) in [6.07, 6.45) is 0. The molecule has 8 heteroatoms. The molecule has 0 saturated carbocycles. The van der Waals surface area contributed by atoms with E-state index in [0.29, 0.717) is 17.5 Å². The number of halogens is 1.